The van der Waals surface area contributed by atoms with Crippen LogP contribution in [0, 0.1) is 6.92 Å². The Kier molecular flexibility index (Phi) is 5.55. The van der Waals surface area contributed by atoms with E-state index < -0.39 is 0 Å². The van der Waals surface area contributed by atoms with Crippen LogP contribution in [0.5, 0.6) is 0 Å². The van der Waals surface area contributed by atoms with Crippen LogP contribution in [0.15, 0.2) is 29.2 Å². The second-order valence-corrected chi connectivity index (χ2v) is 9.04. The van der Waals surface area contributed by atoms with E-state index >= 15 is 0 Å². The van der Waals surface area contributed by atoms with Crippen molar-refractivity contribution in [3.8, 4) is 0 Å². The molecular weight excluding hydrogens is 406 g/mol. The summed E-state index contributed by atoms with van der Waals surface area (Å²) in [5.74, 6) is 0.0947. The maximum absolute atomic E-state index is 13.4. The lowest BCUT2D eigenvalue weighted by molar-refractivity contribution is -0.666. The summed E-state index contributed by atoms with van der Waals surface area (Å²) in [6, 6.07) is 5.51. The van der Waals surface area contributed by atoms with E-state index in [-0.39, 0.29) is 23.6 Å². The number of hydrogen-bond acceptors (Lipinski definition) is 5. The molecule has 1 amide bonds. The average molecular weight is 437 g/mol. The van der Waals surface area contributed by atoms with Crippen LogP contribution in [0.4, 0.5) is 5.82 Å². The van der Waals surface area contributed by atoms with Crippen LogP contribution in [0.3, 0.4) is 0 Å². The molecule has 3 aromatic rings. The van der Waals surface area contributed by atoms with E-state index in [2.05, 4.69) is 5.32 Å². The van der Waals surface area contributed by atoms with Gasteiger partial charge in [0.2, 0.25) is 11.5 Å². The zero-order chi connectivity index (χ0) is 22.2. The zero-order valence-electron chi connectivity index (χ0n) is 18.5. The molecule has 4 heterocycles. The minimum absolute atomic E-state index is 0.0146. The van der Waals surface area contributed by atoms with Crippen LogP contribution in [0.25, 0.3) is 16.7 Å². The van der Waals surface area contributed by atoms with Gasteiger partial charge in [0, 0.05) is 24.4 Å². The molecule has 0 spiro atoms. The van der Waals surface area contributed by atoms with Crippen molar-refractivity contribution in [1.29, 1.82) is 0 Å². The highest BCUT2D eigenvalue weighted by Gasteiger charge is 2.29. The van der Waals surface area contributed by atoms with Gasteiger partial charge in [-0.3, -0.25) is 14.0 Å². The third kappa shape index (κ3) is 3.72. The molecule has 2 fully saturated rings. The van der Waals surface area contributed by atoms with Crippen LogP contribution in [0.2, 0.25) is 0 Å². The predicted molar refractivity (Wildman–Crippen MR) is 122 cm³/mol. The van der Waals surface area contributed by atoms with Crippen molar-refractivity contribution in [3.05, 3.63) is 45.9 Å². The van der Waals surface area contributed by atoms with E-state index in [4.69, 9.17) is 15.5 Å². The van der Waals surface area contributed by atoms with Crippen molar-refractivity contribution < 1.29 is 14.1 Å². The summed E-state index contributed by atoms with van der Waals surface area (Å²) in [6.07, 6.45) is 8.99. The Morgan fingerprint density at radius 2 is 2.09 bits per heavy atom. The SMILES string of the molecule is Cc1cccn2c(=O)c3cc(C(=O)NC4CCCCC4)c(N)[n+](CC4CCCO4)c3nc12. The average Bonchev–Trinajstić information content (AvgIpc) is 3.30. The third-order valence-electron chi connectivity index (χ3n) is 6.77. The molecule has 8 nitrogen and oxygen atoms in total. The highest BCUT2D eigenvalue weighted by atomic mass is 16.5. The summed E-state index contributed by atoms with van der Waals surface area (Å²) in [6.45, 7) is 3.10. The second-order valence-electron chi connectivity index (χ2n) is 9.04. The van der Waals surface area contributed by atoms with E-state index in [0.29, 0.717) is 41.2 Å². The number of nitrogens with two attached hydrogens (primary N) is 1. The first-order valence-corrected chi connectivity index (χ1v) is 11.6. The van der Waals surface area contributed by atoms with E-state index in [1.165, 1.54) is 10.8 Å². The maximum atomic E-state index is 13.4. The fourth-order valence-electron chi connectivity index (χ4n) is 4.98. The highest BCUT2D eigenvalue weighted by Crippen LogP contribution is 2.21. The number of anilines is 1. The predicted octanol–water partition coefficient (Wildman–Crippen LogP) is 2.27. The molecule has 0 radical (unpaired) electrons. The molecule has 0 aromatic carbocycles. The number of aryl methyl sites for hydroxylation is 1. The zero-order valence-corrected chi connectivity index (χ0v) is 18.5. The molecule has 1 aliphatic carbocycles. The Bertz CT molecular complexity index is 1240. The Morgan fingerprint density at radius 3 is 2.84 bits per heavy atom. The molecule has 5 rings (SSSR count). The van der Waals surface area contributed by atoms with Crippen molar-refractivity contribution in [3.63, 3.8) is 0 Å². The Labute approximate surface area is 186 Å². The molecule has 168 valence electrons. The summed E-state index contributed by atoms with van der Waals surface area (Å²) in [4.78, 5) is 31.5. The van der Waals surface area contributed by atoms with Crippen molar-refractivity contribution in [2.45, 2.75) is 70.6 Å². The van der Waals surface area contributed by atoms with Gasteiger partial charge in [-0.15, -0.1) is 0 Å². The number of nitrogen functional groups attached to an aromatic ring is 1. The number of hydrogen-bond donors (Lipinski definition) is 2. The first-order chi connectivity index (χ1) is 15.5. The van der Waals surface area contributed by atoms with Gasteiger partial charge < -0.3 is 15.8 Å². The van der Waals surface area contributed by atoms with E-state index in [0.717, 1.165) is 44.1 Å². The molecule has 1 unspecified atom stereocenters. The van der Waals surface area contributed by atoms with Crippen LogP contribution in [-0.4, -0.2) is 34.0 Å². The van der Waals surface area contributed by atoms with Crippen molar-refractivity contribution in [2.75, 3.05) is 12.3 Å². The van der Waals surface area contributed by atoms with Gasteiger partial charge in [0.25, 0.3) is 17.1 Å². The summed E-state index contributed by atoms with van der Waals surface area (Å²) in [5, 5.41) is 3.52. The molecule has 1 saturated heterocycles. The molecular formula is C24H30N5O3+. The molecule has 3 aromatic heterocycles. The van der Waals surface area contributed by atoms with Crippen molar-refractivity contribution in [1.82, 2.24) is 14.7 Å². The third-order valence-corrected chi connectivity index (χ3v) is 6.77. The number of nitrogens with one attached hydrogen (secondary N) is 1. The summed E-state index contributed by atoms with van der Waals surface area (Å²) < 4.78 is 9.17. The van der Waals surface area contributed by atoms with Crippen LogP contribution in [0.1, 0.15) is 60.9 Å². The quantitative estimate of drug-likeness (QED) is 0.482. The molecule has 2 aliphatic rings. The molecule has 1 atom stereocenters. The summed E-state index contributed by atoms with van der Waals surface area (Å²) in [5.41, 5.74) is 8.66. The molecule has 1 aliphatic heterocycles. The van der Waals surface area contributed by atoms with Gasteiger partial charge in [0.05, 0.1) is 12.6 Å². The molecule has 0 bridgehead atoms. The number of nitrogens with zero attached hydrogens (tertiary/aromatic N) is 3. The van der Waals surface area contributed by atoms with Gasteiger partial charge in [-0.2, -0.15) is 0 Å². The topological polar surface area (TPSA) is 103 Å². The molecule has 8 heteroatoms. The van der Waals surface area contributed by atoms with E-state index in [9.17, 15) is 9.59 Å². The van der Waals surface area contributed by atoms with Gasteiger partial charge in [-0.25, -0.2) is 4.57 Å². The fourth-order valence-corrected chi connectivity index (χ4v) is 4.98. The first-order valence-electron chi connectivity index (χ1n) is 11.6. The minimum Gasteiger partial charge on any atom is -0.375 e. The van der Waals surface area contributed by atoms with Crippen LogP contribution < -0.4 is 21.2 Å². The van der Waals surface area contributed by atoms with Gasteiger partial charge >= 0.3 is 0 Å². The Morgan fingerprint density at radius 1 is 1.28 bits per heavy atom. The number of rotatable bonds is 4. The van der Waals surface area contributed by atoms with Crippen LogP contribution >= 0.6 is 0 Å². The van der Waals surface area contributed by atoms with Crippen LogP contribution in [-0.2, 0) is 11.3 Å². The number of ether oxygens (including phenoxy) is 1. The second kappa shape index (κ2) is 8.50. The van der Waals surface area contributed by atoms with Gasteiger partial charge in [-0.1, -0.05) is 30.3 Å². The normalized spacial score (nSPS) is 19.6. The molecule has 3 N–H and O–H groups in total. The van der Waals surface area contributed by atoms with Crippen molar-refractivity contribution >= 4 is 28.4 Å². The smallest absolute Gasteiger partial charge is 0.278 e. The van der Waals surface area contributed by atoms with E-state index in [1.54, 1.807) is 16.8 Å². The Balaban J connectivity index is 1.67. The maximum Gasteiger partial charge on any atom is 0.278 e. The lowest BCUT2D eigenvalue weighted by atomic mass is 9.95. The number of carbonyl (C=O) groups is 1. The molecule has 32 heavy (non-hydrogen) atoms. The summed E-state index contributed by atoms with van der Waals surface area (Å²) in [7, 11) is 0. The fraction of sp³-hybridized carbons (Fsp3) is 0.500. The highest BCUT2D eigenvalue weighted by molar-refractivity contribution is 6.00. The standard InChI is InChI=1S/C24H29N5O3/c1-15-7-5-11-28-21(15)27-22-19(24(28)31)13-18(23(30)26-16-8-3-2-4-9-16)20(25)29(22)14-17-10-6-12-32-17/h5,7,11,13,16-17,25H,2-4,6,8-10,12,14H2,1H3,(H,26,30)/p+1. The Hall–Kier alpha value is -3.00. The molecule has 1 saturated carbocycles. The summed E-state index contributed by atoms with van der Waals surface area (Å²) >= 11 is 0. The van der Waals surface area contributed by atoms with E-state index in [1.807, 2.05) is 19.1 Å². The van der Waals surface area contributed by atoms with Gasteiger partial charge in [-0.05, 0) is 44.7 Å². The lowest BCUT2D eigenvalue weighted by Crippen LogP contribution is -2.47. The largest absolute Gasteiger partial charge is 0.375 e. The number of fused-ring (bicyclic) bond motifs is 2. The number of pyridine rings is 2. The monoisotopic (exact) mass is 436 g/mol. The van der Waals surface area contributed by atoms with Gasteiger partial charge in [0.15, 0.2) is 0 Å². The van der Waals surface area contributed by atoms with Crippen molar-refractivity contribution in [2.24, 2.45) is 0 Å². The number of amides is 1. The number of aromatic nitrogens is 3. The number of carbonyl (C=O) groups excluding carboxylic acids is 1. The van der Waals surface area contributed by atoms with Gasteiger partial charge in [0.1, 0.15) is 10.9 Å². The minimum atomic E-state index is -0.230. The first kappa shape index (κ1) is 20.9. The lowest BCUT2D eigenvalue weighted by Gasteiger charge is -2.23.